The van der Waals surface area contributed by atoms with E-state index in [9.17, 15) is 4.79 Å². The second-order valence-electron chi connectivity index (χ2n) is 1.28. The van der Waals surface area contributed by atoms with Gasteiger partial charge in [-0.05, 0) is 0 Å². The maximum absolute atomic E-state index is 10.2. The SMILES string of the molecule is NCC(=O)NCCO. The number of carbonyl (C=O) groups excluding carboxylic acids is 1. The Kier molecular flexibility index (Phi) is 4.20. The summed E-state index contributed by atoms with van der Waals surface area (Å²) in [6.45, 7) is 0.238. The Labute approximate surface area is 47.7 Å². The van der Waals surface area contributed by atoms with Crippen molar-refractivity contribution in [3.8, 4) is 0 Å². The van der Waals surface area contributed by atoms with Gasteiger partial charge in [-0.25, -0.2) is 0 Å². The molecule has 0 heterocycles. The van der Waals surface area contributed by atoms with Crippen LogP contribution in [0.3, 0.4) is 0 Å². The van der Waals surface area contributed by atoms with Gasteiger partial charge >= 0.3 is 0 Å². The molecule has 0 saturated heterocycles. The van der Waals surface area contributed by atoms with Crippen LogP contribution in [-0.4, -0.2) is 30.7 Å². The first-order valence-electron chi connectivity index (χ1n) is 2.39. The summed E-state index contributed by atoms with van der Waals surface area (Å²) in [5.41, 5.74) is 4.92. The molecular formula is C4H10N2O2. The number of hydrogen-bond acceptors (Lipinski definition) is 3. The summed E-state index contributed by atoms with van der Waals surface area (Å²) >= 11 is 0. The normalized spacial score (nSPS) is 8.75. The Morgan fingerprint density at radius 1 is 1.75 bits per heavy atom. The van der Waals surface area contributed by atoms with E-state index in [1.807, 2.05) is 0 Å². The van der Waals surface area contributed by atoms with Crippen molar-refractivity contribution >= 4 is 5.91 Å². The zero-order chi connectivity index (χ0) is 6.41. The van der Waals surface area contributed by atoms with E-state index in [-0.39, 0.29) is 25.6 Å². The number of aliphatic hydroxyl groups excluding tert-OH is 1. The molecule has 0 bridgehead atoms. The molecule has 0 aliphatic heterocycles. The van der Waals surface area contributed by atoms with Crippen LogP contribution >= 0.6 is 0 Å². The minimum Gasteiger partial charge on any atom is -0.395 e. The van der Waals surface area contributed by atoms with Crippen molar-refractivity contribution in [1.82, 2.24) is 5.32 Å². The monoisotopic (exact) mass is 118 g/mol. The highest BCUT2D eigenvalue weighted by atomic mass is 16.3. The Hall–Kier alpha value is -0.610. The van der Waals surface area contributed by atoms with Gasteiger partial charge in [-0.15, -0.1) is 0 Å². The number of aliphatic hydroxyl groups is 1. The minimum atomic E-state index is -0.237. The summed E-state index contributed by atoms with van der Waals surface area (Å²) < 4.78 is 0. The molecule has 0 saturated carbocycles. The minimum absolute atomic E-state index is 0.0139. The predicted octanol–water partition coefficient (Wildman–Crippen LogP) is -1.95. The van der Waals surface area contributed by atoms with Gasteiger partial charge in [-0.3, -0.25) is 4.79 Å². The summed E-state index contributed by atoms with van der Waals surface area (Å²) in [6.07, 6.45) is 0. The van der Waals surface area contributed by atoms with Gasteiger partial charge in [-0.1, -0.05) is 0 Å². The number of nitrogens with two attached hydrogens (primary N) is 1. The third kappa shape index (κ3) is 3.58. The maximum Gasteiger partial charge on any atom is 0.233 e. The van der Waals surface area contributed by atoms with Crippen LogP contribution in [0, 0.1) is 0 Å². The van der Waals surface area contributed by atoms with Crippen LogP contribution in [0.4, 0.5) is 0 Å². The highest BCUT2D eigenvalue weighted by Crippen LogP contribution is 1.57. The molecule has 1 amide bonds. The zero-order valence-electron chi connectivity index (χ0n) is 4.55. The lowest BCUT2D eigenvalue weighted by atomic mass is 10.6. The van der Waals surface area contributed by atoms with Crippen molar-refractivity contribution in [2.45, 2.75) is 0 Å². The molecule has 0 spiro atoms. The fraction of sp³-hybridized carbons (Fsp3) is 0.750. The summed E-state index contributed by atoms with van der Waals surface area (Å²) in [6, 6.07) is 0. The van der Waals surface area contributed by atoms with Gasteiger partial charge in [0.2, 0.25) is 5.91 Å². The lowest BCUT2D eigenvalue weighted by Crippen LogP contribution is -2.32. The van der Waals surface area contributed by atoms with Gasteiger partial charge in [0.1, 0.15) is 0 Å². The zero-order valence-corrected chi connectivity index (χ0v) is 4.55. The van der Waals surface area contributed by atoms with Crippen LogP contribution in [0.1, 0.15) is 0 Å². The van der Waals surface area contributed by atoms with Crippen LogP contribution in [0.2, 0.25) is 0 Å². The molecule has 0 aliphatic rings. The Morgan fingerprint density at radius 2 is 2.38 bits per heavy atom. The van der Waals surface area contributed by atoms with Gasteiger partial charge in [0.25, 0.3) is 0 Å². The molecule has 0 atom stereocenters. The van der Waals surface area contributed by atoms with Crippen molar-refractivity contribution in [2.24, 2.45) is 5.73 Å². The standard InChI is InChI=1S/C4H10N2O2/c5-3-4(8)6-1-2-7/h7H,1-3,5H2,(H,6,8). The van der Waals surface area contributed by atoms with E-state index in [4.69, 9.17) is 10.8 Å². The molecule has 0 aromatic rings. The maximum atomic E-state index is 10.2. The third-order valence-corrected chi connectivity index (χ3v) is 0.619. The molecule has 48 valence electrons. The fourth-order valence-electron chi connectivity index (χ4n) is 0.267. The third-order valence-electron chi connectivity index (χ3n) is 0.619. The molecule has 0 rings (SSSR count). The molecule has 0 aromatic heterocycles. The molecule has 4 nitrogen and oxygen atoms in total. The van der Waals surface area contributed by atoms with Gasteiger partial charge in [0.05, 0.1) is 13.2 Å². The lowest BCUT2D eigenvalue weighted by Gasteiger charge is -1.96. The van der Waals surface area contributed by atoms with Gasteiger partial charge in [0, 0.05) is 6.54 Å². The molecule has 0 radical (unpaired) electrons. The first-order chi connectivity index (χ1) is 3.81. The van der Waals surface area contributed by atoms with Crippen LogP contribution < -0.4 is 11.1 Å². The topological polar surface area (TPSA) is 75.4 Å². The Morgan fingerprint density at radius 3 is 2.75 bits per heavy atom. The van der Waals surface area contributed by atoms with Crippen LogP contribution in [0.5, 0.6) is 0 Å². The average Bonchev–Trinajstić information content (AvgIpc) is 1.83. The Bertz CT molecular complexity index is 74.4. The first-order valence-corrected chi connectivity index (χ1v) is 2.39. The molecule has 8 heavy (non-hydrogen) atoms. The summed E-state index contributed by atoms with van der Waals surface area (Å²) in [4.78, 5) is 10.2. The van der Waals surface area contributed by atoms with Crippen molar-refractivity contribution in [3.63, 3.8) is 0 Å². The van der Waals surface area contributed by atoms with Crippen molar-refractivity contribution in [3.05, 3.63) is 0 Å². The van der Waals surface area contributed by atoms with E-state index >= 15 is 0 Å². The number of rotatable bonds is 3. The number of nitrogens with one attached hydrogen (secondary N) is 1. The van der Waals surface area contributed by atoms with E-state index in [0.29, 0.717) is 0 Å². The summed E-state index contributed by atoms with van der Waals surface area (Å²) in [7, 11) is 0. The van der Waals surface area contributed by atoms with E-state index in [0.717, 1.165) is 0 Å². The molecule has 4 heteroatoms. The van der Waals surface area contributed by atoms with Crippen molar-refractivity contribution < 1.29 is 9.90 Å². The number of amides is 1. The lowest BCUT2D eigenvalue weighted by molar-refractivity contribution is -0.119. The quantitative estimate of drug-likeness (QED) is 0.403. The fourth-order valence-corrected chi connectivity index (χ4v) is 0.267. The van der Waals surface area contributed by atoms with Crippen LogP contribution in [-0.2, 0) is 4.79 Å². The van der Waals surface area contributed by atoms with Crippen molar-refractivity contribution in [2.75, 3.05) is 19.7 Å². The van der Waals surface area contributed by atoms with Gasteiger partial charge in [-0.2, -0.15) is 0 Å². The first kappa shape index (κ1) is 7.39. The van der Waals surface area contributed by atoms with Crippen LogP contribution in [0.15, 0.2) is 0 Å². The second kappa shape index (κ2) is 4.55. The molecule has 0 unspecified atom stereocenters. The van der Waals surface area contributed by atoms with Crippen LogP contribution in [0.25, 0.3) is 0 Å². The van der Waals surface area contributed by atoms with Crippen molar-refractivity contribution in [1.29, 1.82) is 0 Å². The largest absolute Gasteiger partial charge is 0.395 e. The molecule has 0 fully saturated rings. The second-order valence-corrected chi connectivity index (χ2v) is 1.28. The molecular weight excluding hydrogens is 108 g/mol. The predicted molar refractivity (Wildman–Crippen MR) is 29.1 cm³/mol. The summed E-state index contributed by atoms with van der Waals surface area (Å²) in [5, 5.41) is 10.5. The molecule has 4 N–H and O–H groups in total. The van der Waals surface area contributed by atoms with E-state index in [1.165, 1.54) is 0 Å². The summed E-state index contributed by atoms with van der Waals surface area (Å²) in [5.74, 6) is -0.237. The average molecular weight is 118 g/mol. The molecule has 0 aliphatic carbocycles. The van der Waals surface area contributed by atoms with Gasteiger partial charge < -0.3 is 16.2 Å². The van der Waals surface area contributed by atoms with E-state index < -0.39 is 0 Å². The number of hydrogen-bond donors (Lipinski definition) is 3. The number of carbonyl (C=O) groups is 1. The Balaban J connectivity index is 2.99. The van der Waals surface area contributed by atoms with E-state index in [2.05, 4.69) is 5.32 Å². The smallest absolute Gasteiger partial charge is 0.233 e. The highest BCUT2D eigenvalue weighted by molar-refractivity contribution is 5.77. The van der Waals surface area contributed by atoms with E-state index in [1.54, 1.807) is 0 Å². The molecule has 0 aromatic carbocycles. The highest BCUT2D eigenvalue weighted by Gasteiger charge is 1.91. The van der Waals surface area contributed by atoms with Gasteiger partial charge in [0.15, 0.2) is 0 Å².